The molecule has 11 nitrogen and oxygen atoms in total. The molecule has 11 heteroatoms. The van der Waals surface area contributed by atoms with Crippen molar-refractivity contribution in [2.45, 2.75) is 46.0 Å². The number of nitrogens with zero attached hydrogens (tertiary/aromatic N) is 5. The van der Waals surface area contributed by atoms with Gasteiger partial charge in [0.2, 0.25) is 23.7 Å². The van der Waals surface area contributed by atoms with Crippen LogP contribution in [0.25, 0.3) is 45.1 Å². The van der Waals surface area contributed by atoms with E-state index in [-0.39, 0.29) is 5.97 Å². The highest BCUT2D eigenvalue weighted by molar-refractivity contribution is 5.89. The van der Waals surface area contributed by atoms with Gasteiger partial charge in [-0.15, -0.1) is 0 Å². The molecular formula is C45H41N7O4. The lowest BCUT2D eigenvalue weighted by atomic mass is 10.0. The second-order valence-corrected chi connectivity index (χ2v) is 13.7. The topological polar surface area (TPSA) is 141 Å². The van der Waals surface area contributed by atoms with Gasteiger partial charge in [0, 0.05) is 28.9 Å². The molecule has 0 saturated carbocycles. The van der Waals surface area contributed by atoms with Crippen molar-refractivity contribution in [3.63, 3.8) is 0 Å². The molecule has 0 spiro atoms. The molecule has 5 aromatic carbocycles. The third kappa shape index (κ3) is 8.57. The summed E-state index contributed by atoms with van der Waals surface area (Å²) >= 11 is 0. The van der Waals surface area contributed by atoms with E-state index in [2.05, 4.69) is 34.4 Å². The minimum Gasteiger partial charge on any atom is -0.462 e. The number of anilines is 4. The van der Waals surface area contributed by atoms with E-state index >= 15 is 0 Å². The molecule has 3 heterocycles. The molecule has 8 rings (SSSR count). The molecule has 0 radical (unpaired) electrons. The second-order valence-electron chi connectivity index (χ2n) is 13.7. The summed E-state index contributed by atoms with van der Waals surface area (Å²) in [6, 6.07) is 38.2. The Balaban J connectivity index is 1.03. The molecule has 0 aliphatic carbocycles. The van der Waals surface area contributed by atoms with Crippen molar-refractivity contribution in [1.82, 2.24) is 24.9 Å². The number of unbranched alkanes of at least 4 members (excludes halogenated alkanes) is 1. The number of aromatic nitrogens is 5. The highest BCUT2D eigenvalue weighted by Gasteiger charge is 2.15. The average molecular weight is 744 g/mol. The number of ether oxygens (including phenoxy) is 1. The van der Waals surface area contributed by atoms with Crippen molar-refractivity contribution < 1.29 is 18.4 Å². The monoisotopic (exact) mass is 743 g/mol. The van der Waals surface area contributed by atoms with Crippen LogP contribution in [0.1, 0.15) is 61.3 Å². The van der Waals surface area contributed by atoms with Gasteiger partial charge in [0.25, 0.3) is 0 Å². The number of fused-ring (bicyclic) bond motifs is 2. The van der Waals surface area contributed by atoms with E-state index in [1.165, 1.54) is 0 Å². The fourth-order valence-corrected chi connectivity index (χ4v) is 6.42. The number of nitrogens with one attached hydrogen (secondary N) is 2. The number of benzene rings is 5. The fourth-order valence-electron chi connectivity index (χ4n) is 6.42. The molecule has 0 aliphatic heterocycles. The van der Waals surface area contributed by atoms with Gasteiger partial charge >= 0.3 is 5.97 Å². The van der Waals surface area contributed by atoms with Crippen LogP contribution in [-0.2, 0) is 11.2 Å². The number of hydrogen-bond donors (Lipinski definition) is 2. The van der Waals surface area contributed by atoms with Crippen LogP contribution < -0.4 is 10.6 Å². The summed E-state index contributed by atoms with van der Waals surface area (Å²) in [7, 11) is 0. The Hall–Kier alpha value is -6.88. The van der Waals surface area contributed by atoms with Gasteiger partial charge < -0.3 is 24.2 Å². The normalized spacial score (nSPS) is 11.8. The van der Waals surface area contributed by atoms with Crippen molar-refractivity contribution in [2.24, 2.45) is 5.92 Å². The number of rotatable bonds is 15. The van der Waals surface area contributed by atoms with Crippen molar-refractivity contribution in [1.29, 1.82) is 0 Å². The molecule has 1 unspecified atom stereocenters. The van der Waals surface area contributed by atoms with Gasteiger partial charge in [-0.3, -0.25) is 0 Å². The highest BCUT2D eigenvalue weighted by atomic mass is 16.5. The van der Waals surface area contributed by atoms with E-state index in [0.29, 0.717) is 54.0 Å². The van der Waals surface area contributed by atoms with Crippen LogP contribution in [0.5, 0.6) is 0 Å². The molecule has 1 atom stereocenters. The van der Waals surface area contributed by atoms with Crippen LogP contribution in [0, 0.1) is 5.92 Å². The Morgan fingerprint density at radius 2 is 1.23 bits per heavy atom. The van der Waals surface area contributed by atoms with Gasteiger partial charge in [0.1, 0.15) is 16.9 Å². The van der Waals surface area contributed by atoms with Crippen molar-refractivity contribution in [3.8, 4) is 22.9 Å². The number of carbonyl (C=O) groups is 1. The van der Waals surface area contributed by atoms with Crippen molar-refractivity contribution in [3.05, 3.63) is 138 Å². The van der Waals surface area contributed by atoms with Crippen LogP contribution in [0.15, 0.2) is 130 Å². The van der Waals surface area contributed by atoms with Crippen LogP contribution in [-0.4, -0.2) is 37.5 Å². The maximum Gasteiger partial charge on any atom is 0.338 e. The first-order chi connectivity index (χ1) is 27.5. The lowest BCUT2D eigenvalue weighted by Gasteiger charge is -2.15. The molecular weight excluding hydrogens is 703 g/mol. The number of hydrogen-bond acceptors (Lipinski definition) is 11. The average Bonchev–Trinajstić information content (AvgIpc) is 3.87. The van der Waals surface area contributed by atoms with Gasteiger partial charge in [-0.25, -0.2) is 14.8 Å². The molecule has 0 bridgehead atoms. The van der Waals surface area contributed by atoms with Crippen LogP contribution in [0.4, 0.5) is 23.3 Å². The molecule has 0 amide bonds. The molecule has 0 aliphatic rings. The van der Waals surface area contributed by atoms with Gasteiger partial charge in [0.05, 0.1) is 12.2 Å². The smallest absolute Gasteiger partial charge is 0.338 e. The van der Waals surface area contributed by atoms with Gasteiger partial charge in [-0.1, -0.05) is 69.5 Å². The Morgan fingerprint density at radius 1 is 0.661 bits per heavy atom. The summed E-state index contributed by atoms with van der Waals surface area (Å²) in [5, 5.41) is 6.67. The second kappa shape index (κ2) is 16.6. The number of carbonyl (C=O) groups excluding carboxylic acids is 1. The zero-order valence-corrected chi connectivity index (χ0v) is 31.2. The van der Waals surface area contributed by atoms with E-state index in [4.69, 9.17) is 28.5 Å². The third-order valence-electron chi connectivity index (χ3n) is 9.56. The predicted molar refractivity (Wildman–Crippen MR) is 218 cm³/mol. The van der Waals surface area contributed by atoms with Crippen molar-refractivity contribution in [2.75, 3.05) is 17.2 Å². The number of esters is 1. The first kappa shape index (κ1) is 36.1. The van der Waals surface area contributed by atoms with E-state index in [1.54, 1.807) is 6.07 Å². The van der Waals surface area contributed by atoms with E-state index in [1.807, 2.05) is 115 Å². The summed E-state index contributed by atoms with van der Waals surface area (Å²) in [4.78, 5) is 36.6. The lowest BCUT2D eigenvalue weighted by molar-refractivity contribution is 0.0428. The summed E-state index contributed by atoms with van der Waals surface area (Å²) in [5.41, 5.74) is 7.66. The summed E-state index contributed by atoms with van der Waals surface area (Å²) in [5.74, 6) is 2.33. The standard InChI is InChI=1S/C45H41N7O4/c1-3-5-11-29(4-2)28-54-43(53)33-13-10-12-30(26-33)27-40-50-44(46-34-22-18-31(19-23-34)41-48-36-14-6-8-16-38(36)55-41)52-45(51-40)47-35-24-20-32(21-25-35)42-49-37-15-7-9-17-39(37)56-42/h6-10,12-26,29H,3-5,11,27-28H2,1-2H3,(H2,46,47,50,51,52). The van der Waals surface area contributed by atoms with Crippen LogP contribution in [0.3, 0.4) is 0 Å². The Kier molecular flexibility index (Phi) is 10.7. The highest BCUT2D eigenvalue weighted by Crippen LogP contribution is 2.28. The summed E-state index contributed by atoms with van der Waals surface area (Å²) in [6.07, 6.45) is 4.64. The summed E-state index contributed by atoms with van der Waals surface area (Å²) < 4.78 is 17.7. The van der Waals surface area contributed by atoms with Gasteiger partial charge in [-0.05, 0) is 103 Å². The fraction of sp³-hybridized carbons (Fsp3) is 0.200. The lowest BCUT2D eigenvalue weighted by Crippen LogP contribution is -2.14. The Morgan fingerprint density at radius 3 is 1.77 bits per heavy atom. The molecule has 0 saturated heterocycles. The van der Waals surface area contributed by atoms with E-state index < -0.39 is 0 Å². The predicted octanol–water partition coefficient (Wildman–Crippen LogP) is 10.9. The molecule has 56 heavy (non-hydrogen) atoms. The van der Waals surface area contributed by atoms with Crippen LogP contribution in [0.2, 0.25) is 0 Å². The van der Waals surface area contributed by atoms with Gasteiger partial charge in [0.15, 0.2) is 11.2 Å². The van der Waals surface area contributed by atoms with Crippen molar-refractivity contribution >= 4 is 51.4 Å². The van der Waals surface area contributed by atoms with E-state index in [0.717, 1.165) is 75.9 Å². The SMILES string of the molecule is CCCCC(CC)COC(=O)c1cccc(Cc2nc(Nc3ccc(-c4nc5ccccc5o4)cc3)nc(Nc3ccc(-c4nc5ccccc5o4)cc3)n2)c1. The zero-order valence-electron chi connectivity index (χ0n) is 31.2. The molecule has 280 valence electrons. The minimum atomic E-state index is -0.329. The molecule has 0 fully saturated rings. The zero-order chi connectivity index (χ0) is 38.3. The van der Waals surface area contributed by atoms with E-state index in [9.17, 15) is 4.79 Å². The Bertz CT molecular complexity index is 2380. The maximum atomic E-state index is 13.1. The molecule has 3 aromatic heterocycles. The number of para-hydroxylation sites is 4. The number of oxazole rings is 2. The van der Waals surface area contributed by atoms with Gasteiger partial charge in [-0.2, -0.15) is 15.0 Å². The van der Waals surface area contributed by atoms with Crippen LogP contribution >= 0.6 is 0 Å². The quantitative estimate of drug-likeness (QED) is 0.0969. The maximum absolute atomic E-state index is 13.1. The Labute approximate surface area is 324 Å². The first-order valence-electron chi connectivity index (χ1n) is 19.0. The molecule has 2 N–H and O–H groups in total. The largest absolute Gasteiger partial charge is 0.462 e. The first-order valence-corrected chi connectivity index (χ1v) is 19.0. The summed E-state index contributed by atoms with van der Waals surface area (Å²) in [6.45, 7) is 4.73. The minimum absolute atomic E-state index is 0.329. The third-order valence-corrected chi connectivity index (χ3v) is 9.56. The molecule has 8 aromatic rings.